The first kappa shape index (κ1) is 10.3. The normalized spacial score (nSPS) is 23.6. The van der Waals surface area contributed by atoms with Crippen LogP contribution in [0.1, 0.15) is 20.3 Å². The van der Waals surface area contributed by atoms with E-state index in [1.54, 1.807) is 4.90 Å². The lowest BCUT2D eigenvalue weighted by Gasteiger charge is -2.35. The van der Waals surface area contributed by atoms with Crippen molar-refractivity contribution in [2.75, 3.05) is 19.6 Å². The lowest BCUT2D eigenvalue weighted by molar-refractivity contribution is 0.105. The molecule has 1 aliphatic heterocycles. The predicted molar refractivity (Wildman–Crippen MR) is 50.8 cm³/mol. The highest BCUT2D eigenvalue weighted by Gasteiger charge is 2.26. The summed E-state index contributed by atoms with van der Waals surface area (Å²) in [5.74, 6) is 0.548. The lowest BCUT2D eigenvalue weighted by atomic mass is 10.0. The van der Waals surface area contributed by atoms with Crippen LogP contribution < -0.4 is 5.32 Å². The summed E-state index contributed by atoms with van der Waals surface area (Å²) < 4.78 is 0. The van der Waals surface area contributed by atoms with Gasteiger partial charge in [-0.15, -0.1) is 0 Å². The molecule has 1 atom stereocenters. The second-order valence-electron chi connectivity index (χ2n) is 3.96. The Morgan fingerprint density at radius 1 is 1.69 bits per heavy atom. The first-order valence-corrected chi connectivity index (χ1v) is 4.81. The second-order valence-corrected chi connectivity index (χ2v) is 3.96. The highest BCUT2D eigenvalue weighted by molar-refractivity contribution is 5.65. The van der Waals surface area contributed by atoms with Crippen molar-refractivity contribution >= 4 is 6.09 Å². The molecule has 1 saturated heterocycles. The van der Waals surface area contributed by atoms with Crippen molar-refractivity contribution in [2.24, 2.45) is 5.92 Å². The molecule has 4 nitrogen and oxygen atoms in total. The fourth-order valence-corrected chi connectivity index (χ4v) is 1.77. The minimum atomic E-state index is -0.785. The Hall–Kier alpha value is -0.770. The van der Waals surface area contributed by atoms with Crippen LogP contribution in [-0.2, 0) is 0 Å². The van der Waals surface area contributed by atoms with Crippen LogP contribution in [0.4, 0.5) is 4.79 Å². The smallest absolute Gasteiger partial charge is 0.407 e. The van der Waals surface area contributed by atoms with E-state index in [0.717, 1.165) is 19.5 Å². The summed E-state index contributed by atoms with van der Waals surface area (Å²) in [7, 11) is 0. The predicted octanol–water partition coefficient (Wildman–Crippen LogP) is 0.984. The summed E-state index contributed by atoms with van der Waals surface area (Å²) in [6.07, 6.45) is 0.159. The van der Waals surface area contributed by atoms with Gasteiger partial charge in [0.1, 0.15) is 0 Å². The number of carboxylic acid groups (broad SMARTS) is 1. The zero-order valence-corrected chi connectivity index (χ0v) is 8.29. The molecule has 1 fully saturated rings. The van der Waals surface area contributed by atoms with E-state index in [2.05, 4.69) is 19.2 Å². The van der Waals surface area contributed by atoms with Gasteiger partial charge in [0.05, 0.1) is 0 Å². The van der Waals surface area contributed by atoms with Gasteiger partial charge in [0.2, 0.25) is 0 Å². The standard InChI is InChI=1S/C9H18N2O2/c1-7(2)5-8-6-10-3-4-11(8)9(12)13/h7-8,10H,3-6H2,1-2H3,(H,12,13)/t8-/m0/s1. The van der Waals surface area contributed by atoms with Crippen molar-refractivity contribution in [3.05, 3.63) is 0 Å². The first-order chi connectivity index (χ1) is 6.11. The number of carbonyl (C=O) groups is 1. The Bertz CT molecular complexity index is 182. The maximum Gasteiger partial charge on any atom is 0.407 e. The van der Waals surface area contributed by atoms with E-state index < -0.39 is 6.09 Å². The topological polar surface area (TPSA) is 52.6 Å². The van der Waals surface area contributed by atoms with Crippen molar-refractivity contribution in [1.29, 1.82) is 0 Å². The van der Waals surface area contributed by atoms with E-state index >= 15 is 0 Å². The maximum atomic E-state index is 10.8. The minimum absolute atomic E-state index is 0.159. The molecule has 1 amide bonds. The van der Waals surface area contributed by atoms with Crippen molar-refractivity contribution in [2.45, 2.75) is 26.3 Å². The second kappa shape index (κ2) is 4.46. The van der Waals surface area contributed by atoms with Gasteiger partial charge in [-0.1, -0.05) is 13.8 Å². The van der Waals surface area contributed by atoms with E-state index in [1.807, 2.05) is 0 Å². The molecule has 1 aliphatic rings. The number of nitrogens with zero attached hydrogens (tertiary/aromatic N) is 1. The molecular weight excluding hydrogens is 168 g/mol. The van der Waals surface area contributed by atoms with Crippen LogP contribution in [0.3, 0.4) is 0 Å². The Balaban J connectivity index is 2.51. The first-order valence-electron chi connectivity index (χ1n) is 4.81. The molecule has 0 unspecified atom stereocenters. The fraction of sp³-hybridized carbons (Fsp3) is 0.889. The fourth-order valence-electron chi connectivity index (χ4n) is 1.77. The SMILES string of the molecule is CC(C)C[C@H]1CNCCN1C(=O)O. The van der Waals surface area contributed by atoms with Crippen LogP contribution in [0.2, 0.25) is 0 Å². The Kier molecular flexibility index (Phi) is 3.54. The highest BCUT2D eigenvalue weighted by Crippen LogP contribution is 2.13. The van der Waals surface area contributed by atoms with E-state index in [4.69, 9.17) is 5.11 Å². The summed E-state index contributed by atoms with van der Waals surface area (Å²) in [5.41, 5.74) is 0. The zero-order valence-electron chi connectivity index (χ0n) is 8.29. The van der Waals surface area contributed by atoms with Crippen LogP contribution in [0, 0.1) is 5.92 Å². The van der Waals surface area contributed by atoms with Crippen molar-refractivity contribution in [1.82, 2.24) is 10.2 Å². The molecule has 76 valence electrons. The summed E-state index contributed by atoms with van der Waals surface area (Å²) in [5, 5.41) is 12.1. The number of piperazine rings is 1. The van der Waals surface area contributed by atoms with E-state index in [-0.39, 0.29) is 6.04 Å². The molecule has 1 heterocycles. The molecule has 0 bridgehead atoms. The van der Waals surface area contributed by atoms with Crippen LogP contribution in [0.15, 0.2) is 0 Å². The lowest BCUT2D eigenvalue weighted by Crippen LogP contribution is -2.53. The number of nitrogens with one attached hydrogen (secondary N) is 1. The van der Waals surface area contributed by atoms with Gasteiger partial charge in [-0.2, -0.15) is 0 Å². The van der Waals surface area contributed by atoms with Crippen molar-refractivity contribution < 1.29 is 9.90 Å². The Morgan fingerprint density at radius 2 is 2.38 bits per heavy atom. The molecule has 0 spiro atoms. The molecule has 0 aromatic heterocycles. The third kappa shape index (κ3) is 2.88. The van der Waals surface area contributed by atoms with Gasteiger partial charge in [0.15, 0.2) is 0 Å². The summed E-state index contributed by atoms with van der Waals surface area (Å²) >= 11 is 0. The van der Waals surface area contributed by atoms with Gasteiger partial charge >= 0.3 is 6.09 Å². The van der Waals surface area contributed by atoms with E-state index in [9.17, 15) is 4.79 Å². The quantitative estimate of drug-likeness (QED) is 0.676. The van der Waals surface area contributed by atoms with Gasteiger partial charge in [-0.25, -0.2) is 4.79 Å². The maximum absolute atomic E-state index is 10.8. The van der Waals surface area contributed by atoms with Crippen LogP contribution in [0.5, 0.6) is 0 Å². The molecule has 0 aliphatic carbocycles. The number of amides is 1. The minimum Gasteiger partial charge on any atom is -0.465 e. The van der Waals surface area contributed by atoms with Crippen LogP contribution in [-0.4, -0.2) is 41.8 Å². The summed E-state index contributed by atoms with van der Waals surface area (Å²) in [6.45, 7) is 6.43. The van der Waals surface area contributed by atoms with Gasteiger partial charge in [0.25, 0.3) is 0 Å². The molecular formula is C9H18N2O2. The summed E-state index contributed by atoms with van der Waals surface area (Å²) in [4.78, 5) is 12.4. The summed E-state index contributed by atoms with van der Waals surface area (Å²) in [6, 6.07) is 0.159. The van der Waals surface area contributed by atoms with Crippen molar-refractivity contribution in [3.63, 3.8) is 0 Å². The number of rotatable bonds is 2. The van der Waals surface area contributed by atoms with Crippen LogP contribution in [0.25, 0.3) is 0 Å². The molecule has 13 heavy (non-hydrogen) atoms. The third-order valence-corrected chi connectivity index (χ3v) is 2.34. The third-order valence-electron chi connectivity index (χ3n) is 2.34. The number of hydrogen-bond acceptors (Lipinski definition) is 2. The Labute approximate surface area is 78.9 Å². The average molecular weight is 186 g/mol. The molecule has 2 N–H and O–H groups in total. The van der Waals surface area contributed by atoms with Gasteiger partial charge in [-0.05, 0) is 12.3 Å². The van der Waals surface area contributed by atoms with Gasteiger partial charge < -0.3 is 15.3 Å². The number of hydrogen-bond donors (Lipinski definition) is 2. The van der Waals surface area contributed by atoms with Gasteiger partial charge in [-0.3, -0.25) is 0 Å². The Morgan fingerprint density at radius 3 is 2.92 bits per heavy atom. The average Bonchev–Trinajstić information content (AvgIpc) is 2.03. The van der Waals surface area contributed by atoms with Crippen molar-refractivity contribution in [3.8, 4) is 0 Å². The molecule has 0 saturated carbocycles. The monoisotopic (exact) mass is 186 g/mol. The molecule has 0 aromatic rings. The molecule has 0 radical (unpaired) electrons. The van der Waals surface area contributed by atoms with Crippen LogP contribution >= 0.6 is 0 Å². The molecule has 0 aromatic carbocycles. The van der Waals surface area contributed by atoms with Gasteiger partial charge in [0, 0.05) is 25.7 Å². The van der Waals surface area contributed by atoms with E-state index in [0.29, 0.717) is 12.5 Å². The molecule has 1 rings (SSSR count). The largest absolute Gasteiger partial charge is 0.465 e. The van der Waals surface area contributed by atoms with E-state index in [1.165, 1.54) is 0 Å². The molecule has 4 heteroatoms. The zero-order chi connectivity index (χ0) is 9.84. The highest BCUT2D eigenvalue weighted by atomic mass is 16.4.